The van der Waals surface area contributed by atoms with Crippen LogP contribution in [-0.4, -0.2) is 77.3 Å². The highest BCUT2D eigenvalue weighted by atomic mass is 19.4. The molecule has 2 aromatic rings. The number of carbonyl (C=O) groups excluding carboxylic acids is 1. The summed E-state index contributed by atoms with van der Waals surface area (Å²) in [6.07, 6.45) is -0.0689. The second kappa shape index (κ2) is 14.9. The third-order valence-electron chi connectivity index (χ3n) is 6.58. The van der Waals surface area contributed by atoms with Crippen LogP contribution in [0.25, 0.3) is 0 Å². The molecule has 2 aromatic heterocycles. The molecule has 0 saturated heterocycles. The van der Waals surface area contributed by atoms with Gasteiger partial charge in [0, 0.05) is 31.9 Å². The summed E-state index contributed by atoms with van der Waals surface area (Å²) in [5.74, 6) is -3.06. The number of pyridine rings is 2. The lowest BCUT2D eigenvalue weighted by Crippen LogP contribution is -2.44. The number of carboxylic acids is 1. The van der Waals surface area contributed by atoms with E-state index in [1.807, 2.05) is 17.9 Å². The number of amides is 1. The Balaban J connectivity index is 1.56. The van der Waals surface area contributed by atoms with Crippen molar-refractivity contribution in [2.45, 2.75) is 57.7 Å². The number of aliphatic carboxylic acids is 1. The maximum atomic E-state index is 13.3. The van der Waals surface area contributed by atoms with Gasteiger partial charge < -0.3 is 25.4 Å². The van der Waals surface area contributed by atoms with Crippen molar-refractivity contribution >= 4 is 17.7 Å². The Morgan fingerprint density at radius 2 is 2.02 bits per heavy atom. The molecular weight excluding hydrogens is 534 g/mol. The maximum Gasteiger partial charge on any atom is 0.418 e. The highest BCUT2D eigenvalue weighted by Gasteiger charge is 2.37. The third kappa shape index (κ3) is 9.40. The normalized spacial score (nSPS) is 13.9. The molecule has 0 spiro atoms. The van der Waals surface area contributed by atoms with Gasteiger partial charge in [0.25, 0.3) is 5.91 Å². The summed E-state index contributed by atoms with van der Waals surface area (Å²) in [5, 5.41) is 15.1. The number of aromatic nitrogens is 2. The minimum Gasteiger partial charge on any atom is -0.480 e. The molecule has 1 aliphatic heterocycles. The lowest BCUT2D eigenvalue weighted by Gasteiger charge is -2.24. The van der Waals surface area contributed by atoms with Crippen molar-refractivity contribution in [3.8, 4) is 0 Å². The fraction of sp³-hybridized carbons (Fsp3) is 0.556. The fourth-order valence-corrected chi connectivity index (χ4v) is 4.45. The quantitative estimate of drug-likeness (QED) is 0.218. The lowest BCUT2D eigenvalue weighted by molar-refractivity contribution is -0.139. The van der Waals surface area contributed by atoms with Gasteiger partial charge >= 0.3 is 12.1 Å². The van der Waals surface area contributed by atoms with Crippen molar-refractivity contribution in [3.63, 3.8) is 0 Å². The van der Waals surface area contributed by atoms with Crippen LogP contribution >= 0.6 is 0 Å². The molecule has 3 rings (SSSR count). The number of hydrogen-bond acceptors (Lipinski definition) is 7. The van der Waals surface area contributed by atoms with E-state index in [0.717, 1.165) is 50.2 Å². The van der Waals surface area contributed by atoms with Crippen LogP contribution in [0.3, 0.4) is 0 Å². The second-order valence-electron chi connectivity index (χ2n) is 9.54. The fourth-order valence-electron chi connectivity index (χ4n) is 4.45. The molecule has 3 heterocycles. The van der Waals surface area contributed by atoms with Gasteiger partial charge in [-0.2, -0.15) is 13.2 Å². The molecule has 0 bridgehead atoms. The average molecular weight is 570 g/mol. The Morgan fingerprint density at radius 1 is 1.23 bits per heavy atom. The highest BCUT2D eigenvalue weighted by molar-refractivity contribution is 5.96. The van der Waals surface area contributed by atoms with Crippen molar-refractivity contribution in [2.24, 2.45) is 0 Å². The number of nitrogens with zero attached hydrogens (tertiary/aromatic N) is 3. The van der Waals surface area contributed by atoms with Crippen LogP contribution < -0.4 is 10.6 Å². The molecule has 0 aromatic carbocycles. The van der Waals surface area contributed by atoms with Crippen LogP contribution in [0.2, 0.25) is 0 Å². The molecule has 0 fully saturated rings. The van der Waals surface area contributed by atoms with Crippen molar-refractivity contribution < 1.29 is 37.0 Å². The van der Waals surface area contributed by atoms with Gasteiger partial charge in [0.2, 0.25) is 0 Å². The first kappa shape index (κ1) is 31.2. The van der Waals surface area contributed by atoms with Crippen molar-refractivity contribution in [2.75, 3.05) is 44.7 Å². The van der Waals surface area contributed by atoms with E-state index < -0.39 is 41.2 Å². The molecule has 3 N–H and O–H groups in total. The van der Waals surface area contributed by atoms with Gasteiger partial charge in [-0.05, 0) is 69.7 Å². The van der Waals surface area contributed by atoms with E-state index in [9.17, 15) is 32.3 Å². The number of nitrogens with one attached hydrogen (secondary N) is 2. The van der Waals surface area contributed by atoms with Gasteiger partial charge in [-0.1, -0.05) is 6.07 Å². The van der Waals surface area contributed by atoms with Crippen LogP contribution in [0, 0.1) is 5.82 Å². The topological polar surface area (TPSA) is 117 Å². The predicted molar refractivity (Wildman–Crippen MR) is 140 cm³/mol. The molecule has 0 saturated carbocycles. The van der Waals surface area contributed by atoms with Crippen molar-refractivity contribution in [1.29, 1.82) is 0 Å². The van der Waals surface area contributed by atoms with Crippen molar-refractivity contribution in [1.82, 2.24) is 20.2 Å². The van der Waals surface area contributed by atoms with E-state index in [1.54, 1.807) is 0 Å². The smallest absolute Gasteiger partial charge is 0.418 e. The number of rotatable bonds is 15. The average Bonchev–Trinajstić information content (AvgIpc) is 2.92. The van der Waals surface area contributed by atoms with E-state index >= 15 is 0 Å². The van der Waals surface area contributed by atoms with E-state index in [-0.39, 0.29) is 19.0 Å². The number of hydrogen-bond donors (Lipinski definition) is 3. The summed E-state index contributed by atoms with van der Waals surface area (Å²) < 4.78 is 58.6. The molecule has 1 aliphatic rings. The van der Waals surface area contributed by atoms with Crippen LogP contribution in [0.4, 0.5) is 23.4 Å². The van der Waals surface area contributed by atoms with Crippen LogP contribution in [-0.2, 0) is 28.5 Å². The Kier molecular flexibility index (Phi) is 11.6. The Bertz CT molecular complexity index is 1150. The summed E-state index contributed by atoms with van der Waals surface area (Å²) in [5.41, 5.74) is -0.437. The Morgan fingerprint density at radius 3 is 2.75 bits per heavy atom. The van der Waals surface area contributed by atoms with Gasteiger partial charge in [0.15, 0.2) is 0 Å². The zero-order chi connectivity index (χ0) is 29.1. The van der Waals surface area contributed by atoms with Crippen LogP contribution in [0.1, 0.15) is 59.9 Å². The number of carbonyl (C=O) groups is 2. The molecule has 40 heavy (non-hydrogen) atoms. The third-order valence-corrected chi connectivity index (χ3v) is 6.58. The summed E-state index contributed by atoms with van der Waals surface area (Å²) in [6, 6.07) is 2.84. The molecule has 9 nitrogen and oxygen atoms in total. The molecule has 1 amide bonds. The standard InChI is InChI=1S/C27H35F4N5O4/c1-2-40-15-14-36(12-4-3-7-20-9-8-18-6-5-11-32-24(18)34-20)13-10-22(26(38)39)35-25(37)23-21(27(29,30)31)16-19(28)17-33-23/h8-9,16-17,22H,2-7,10-15H2,1H3,(H,32,34)(H,35,37)(H,38,39)/t22-/m0/s1. The largest absolute Gasteiger partial charge is 0.480 e. The monoisotopic (exact) mass is 569 g/mol. The number of alkyl halides is 3. The van der Waals surface area contributed by atoms with E-state index in [1.165, 1.54) is 5.56 Å². The number of aryl methyl sites for hydroxylation is 2. The van der Waals surface area contributed by atoms with E-state index in [2.05, 4.69) is 21.7 Å². The van der Waals surface area contributed by atoms with Crippen LogP contribution in [0.15, 0.2) is 24.4 Å². The summed E-state index contributed by atoms with van der Waals surface area (Å²) in [4.78, 5) is 34.3. The SMILES string of the molecule is CCOCCN(CCCCc1ccc2c(n1)NCCC2)CC[C@H](NC(=O)c1ncc(F)cc1C(F)(F)F)C(=O)O. The first-order valence-electron chi connectivity index (χ1n) is 13.4. The van der Waals surface area contributed by atoms with Gasteiger partial charge in [0.05, 0.1) is 18.4 Å². The predicted octanol–water partition coefficient (Wildman–Crippen LogP) is 3.93. The first-order valence-corrected chi connectivity index (χ1v) is 13.4. The molecule has 13 heteroatoms. The lowest BCUT2D eigenvalue weighted by atomic mass is 10.1. The number of halogens is 4. The van der Waals surface area contributed by atoms with Gasteiger partial charge in [-0.25, -0.2) is 19.2 Å². The number of unbranched alkanes of at least 4 members (excludes halogenated alkanes) is 1. The number of anilines is 1. The Hall–Kier alpha value is -3.32. The van der Waals surface area contributed by atoms with Crippen molar-refractivity contribution in [3.05, 3.63) is 52.7 Å². The molecule has 0 aliphatic carbocycles. The van der Waals surface area contributed by atoms with E-state index in [0.29, 0.717) is 32.5 Å². The van der Waals surface area contributed by atoms with Gasteiger partial charge in [-0.3, -0.25) is 4.79 Å². The van der Waals surface area contributed by atoms with Gasteiger partial charge in [0.1, 0.15) is 23.4 Å². The zero-order valence-electron chi connectivity index (χ0n) is 22.4. The molecule has 1 atom stereocenters. The highest BCUT2D eigenvalue weighted by Crippen LogP contribution is 2.31. The number of carboxylic acid groups (broad SMARTS) is 1. The molecule has 220 valence electrons. The number of fused-ring (bicyclic) bond motifs is 1. The zero-order valence-corrected chi connectivity index (χ0v) is 22.4. The second-order valence-corrected chi connectivity index (χ2v) is 9.54. The van der Waals surface area contributed by atoms with E-state index in [4.69, 9.17) is 9.72 Å². The van der Waals surface area contributed by atoms with Crippen LogP contribution in [0.5, 0.6) is 0 Å². The minimum absolute atomic E-state index is 0.0617. The molecule has 0 unspecified atom stereocenters. The summed E-state index contributed by atoms with van der Waals surface area (Å²) in [6.45, 7) is 5.13. The maximum absolute atomic E-state index is 13.3. The summed E-state index contributed by atoms with van der Waals surface area (Å²) in [7, 11) is 0. The number of ether oxygens (including phenoxy) is 1. The first-order chi connectivity index (χ1) is 19.1. The minimum atomic E-state index is -5.04. The Labute approximate surface area is 230 Å². The molecular formula is C27H35F4N5O4. The molecule has 0 radical (unpaired) electrons. The van der Waals surface area contributed by atoms with Gasteiger partial charge in [-0.15, -0.1) is 0 Å². The summed E-state index contributed by atoms with van der Waals surface area (Å²) >= 11 is 0.